The smallest absolute Gasteiger partial charge is 0.319 e. The molecule has 0 spiro atoms. The van der Waals surface area contributed by atoms with Crippen LogP contribution in [0.4, 0.5) is 9.18 Å². The van der Waals surface area contributed by atoms with Gasteiger partial charge in [0.2, 0.25) is 0 Å². The summed E-state index contributed by atoms with van der Waals surface area (Å²) in [5, 5.41) is 1.90. The van der Waals surface area contributed by atoms with Crippen LogP contribution in [0, 0.1) is 12.7 Å². The van der Waals surface area contributed by atoms with E-state index in [1.165, 1.54) is 12.1 Å². The van der Waals surface area contributed by atoms with Crippen LogP contribution >= 0.6 is 0 Å². The Kier molecular flexibility index (Phi) is 2.81. The van der Waals surface area contributed by atoms with E-state index in [4.69, 9.17) is 5.73 Å². The first-order valence-electron chi connectivity index (χ1n) is 3.87. The van der Waals surface area contributed by atoms with Gasteiger partial charge in [-0.05, 0) is 30.7 Å². The SMILES string of the molecule is Cc1cc(F)ccc1C(=O)NC(N)=O. The van der Waals surface area contributed by atoms with Crippen molar-refractivity contribution in [2.24, 2.45) is 5.73 Å². The molecule has 0 radical (unpaired) electrons. The van der Waals surface area contributed by atoms with E-state index in [-0.39, 0.29) is 5.56 Å². The Morgan fingerprint density at radius 2 is 2.07 bits per heavy atom. The molecule has 1 rings (SSSR count). The fraction of sp³-hybridized carbons (Fsp3) is 0.111. The van der Waals surface area contributed by atoms with Crippen molar-refractivity contribution in [1.29, 1.82) is 0 Å². The van der Waals surface area contributed by atoms with Crippen LogP contribution in [0.5, 0.6) is 0 Å². The summed E-state index contributed by atoms with van der Waals surface area (Å²) >= 11 is 0. The van der Waals surface area contributed by atoms with Gasteiger partial charge >= 0.3 is 6.03 Å². The van der Waals surface area contributed by atoms with Crippen LogP contribution in [-0.2, 0) is 0 Å². The van der Waals surface area contributed by atoms with Gasteiger partial charge in [0.05, 0.1) is 0 Å². The van der Waals surface area contributed by atoms with Gasteiger partial charge in [-0.15, -0.1) is 0 Å². The highest BCUT2D eigenvalue weighted by Gasteiger charge is 2.10. The molecule has 0 aliphatic rings. The lowest BCUT2D eigenvalue weighted by Gasteiger charge is -2.04. The number of halogens is 1. The molecular weight excluding hydrogens is 187 g/mol. The molecule has 0 unspecified atom stereocenters. The van der Waals surface area contributed by atoms with E-state index < -0.39 is 17.8 Å². The number of hydrogen-bond acceptors (Lipinski definition) is 2. The van der Waals surface area contributed by atoms with Crippen molar-refractivity contribution in [3.63, 3.8) is 0 Å². The molecule has 0 saturated heterocycles. The number of carbonyl (C=O) groups is 2. The van der Waals surface area contributed by atoms with Crippen LogP contribution in [0.3, 0.4) is 0 Å². The van der Waals surface area contributed by atoms with E-state index in [2.05, 4.69) is 0 Å². The molecule has 1 aromatic rings. The molecule has 74 valence electrons. The van der Waals surface area contributed by atoms with Crippen LogP contribution in [0.1, 0.15) is 15.9 Å². The summed E-state index contributed by atoms with van der Waals surface area (Å²) in [5.74, 6) is -1.06. The summed E-state index contributed by atoms with van der Waals surface area (Å²) < 4.78 is 12.7. The summed E-state index contributed by atoms with van der Waals surface area (Å²) in [6, 6.07) is 2.71. The van der Waals surface area contributed by atoms with Crippen LogP contribution < -0.4 is 11.1 Å². The molecule has 0 bridgehead atoms. The maximum Gasteiger partial charge on any atom is 0.319 e. The highest BCUT2D eigenvalue weighted by molar-refractivity contribution is 6.04. The van der Waals surface area contributed by atoms with Crippen LogP contribution in [0.25, 0.3) is 0 Å². The highest BCUT2D eigenvalue weighted by atomic mass is 19.1. The second kappa shape index (κ2) is 3.87. The van der Waals surface area contributed by atoms with Crippen LogP contribution in [0.15, 0.2) is 18.2 Å². The number of carbonyl (C=O) groups excluding carboxylic acids is 2. The van der Waals surface area contributed by atoms with Gasteiger partial charge in [0, 0.05) is 5.56 Å². The molecule has 0 heterocycles. The van der Waals surface area contributed by atoms with Gasteiger partial charge in [0.25, 0.3) is 5.91 Å². The minimum absolute atomic E-state index is 0.227. The zero-order valence-electron chi connectivity index (χ0n) is 7.50. The number of imide groups is 1. The van der Waals surface area contributed by atoms with Gasteiger partial charge in [0.15, 0.2) is 0 Å². The largest absolute Gasteiger partial charge is 0.351 e. The predicted molar refractivity (Wildman–Crippen MR) is 48.2 cm³/mol. The van der Waals surface area contributed by atoms with Crippen LogP contribution in [0.2, 0.25) is 0 Å². The lowest BCUT2D eigenvalue weighted by atomic mass is 10.1. The van der Waals surface area contributed by atoms with E-state index >= 15 is 0 Å². The molecule has 3 N–H and O–H groups in total. The minimum atomic E-state index is -0.932. The maximum atomic E-state index is 12.7. The lowest BCUT2D eigenvalue weighted by Crippen LogP contribution is -2.35. The fourth-order valence-corrected chi connectivity index (χ4v) is 1.06. The monoisotopic (exact) mass is 196 g/mol. The summed E-state index contributed by atoms with van der Waals surface area (Å²) in [4.78, 5) is 21.6. The first-order chi connectivity index (χ1) is 6.50. The molecule has 14 heavy (non-hydrogen) atoms. The molecule has 1 aromatic carbocycles. The Bertz CT molecular complexity index is 390. The molecule has 5 heteroatoms. The quantitative estimate of drug-likeness (QED) is 0.701. The summed E-state index contributed by atoms with van der Waals surface area (Å²) in [7, 11) is 0. The first-order valence-corrected chi connectivity index (χ1v) is 3.87. The Morgan fingerprint density at radius 3 is 2.57 bits per heavy atom. The lowest BCUT2D eigenvalue weighted by molar-refractivity contribution is 0.0965. The second-order valence-electron chi connectivity index (χ2n) is 2.78. The van der Waals surface area contributed by atoms with E-state index in [0.717, 1.165) is 6.07 Å². The number of nitrogens with two attached hydrogens (primary N) is 1. The van der Waals surface area contributed by atoms with Crippen molar-refractivity contribution in [1.82, 2.24) is 5.32 Å². The van der Waals surface area contributed by atoms with Crippen molar-refractivity contribution < 1.29 is 14.0 Å². The molecule has 0 atom stereocenters. The number of nitrogens with one attached hydrogen (secondary N) is 1. The van der Waals surface area contributed by atoms with Crippen molar-refractivity contribution in [2.75, 3.05) is 0 Å². The Balaban J connectivity index is 2.96. The topological polar surface area (TPSA) is 72.2 Å². The number of rotatable bonds is 1. The van der Waals surface area contributed by atoms with Gasteiger partial charge in [-0.1, -0.05) is 0 Å². The average Bonchev–Trinajstić information content (AvgIpc) is 2.01. The van der Waals surface area contributed by atoms with Crippen molar-refractivity contribution in [3.05, 3.63) is 35.1 Å². The van der Waals surface area contributed by atoms with E-state index in [0.29, 0.717) is 5.56 Å². The first kappa shape index (κ1) is 10.2. The number of hydrogen-bond donors (Lipinski definition) is 2. The molecule has 0 aliphatic heterocycles. The van der Waals surface area contributed by atoms with Crippen LogP contribution in [-0.4, -0.2) is 11.9 Å². The Morgan fingerprint density at radius 1 is 1.43 bits per heavy atom. The number of benzene rings is 1. The molecule has 0 aliphatic carbocycles. The number of primary amides is 1. The fourth-order valence-electron chi connectivity index (χ4n) is 1.06. The Hall–Kier alpha value is -1.91. The average molecular weight is 196 g/mol. The number of urea groups is 1. The molecule has 0 saturated carbocycles. The van der Waals surface area contributed by atoms with Crippen molar-refractivity contribution >= 4 is 11.9 Å². The molecular formula is C9H9FN2O2. The standard InChI is InChI=1S/C9H9FN2O2/c1-5-4-6(10)2-3-7(5)8(13)12-9(11)14/h2-4H,1H3,(H3,11,12,13,14). The van der Waals surface area contributed by atoms with Crippen molar-refractivity contribution in [3.8, 4) is 0 Å². The Labute approximate surface area is 79.9 Å². The zero-order valence-corrected chi connectivity index (χ0v) is 7.50. The van der Waals surface area contributed by atoms with Gasteiger partial charge in [0.1, 0.15) is 5.82 Å². The maximum absolute atomic E-state index is 12.7. The predicted octanol–water partition coefficient (Wildman–Crippen LogP) is 0.943. The molecule has 3 amide bonds. The second-order valence-corrected chi connectivity index (χ2v) is 2.78. The van der Waals surface area contributed by atoms with Crippen molar-refractivity contribution in [2.45, 2.75) is 6.92 Å². The number of aryl methyl sites for hydroxylation is 1. The van der Waals surface area contributed by atoms with Gasteiger partial charge < -0.3 is 5.73 Å². The molecule has 0 fully saturated rings. The van der Waals surface area contributed by atoms with E-state index in [9.17, 15) is 14.0 Å². The van der Waals surface area contributed by atoms with E-state index in [1.807, 2.05) is 5.32 Å². The van der Waals surface area contributed by atoms with Gasteiger partial charge in [-0.25, -0.2) is 9.18 Å². The molecule has 0 aromatic heterocycles. The van der Waals surface area contributed by atoms with Gasteiger partial charge in [-0.3, -0.25) is 10.1 Å². The number of amides is 3. The highest BCUT2D eigenvalue weighted by Crippen LogP contribution is 2.09. The summed E-state index contributed by atoms with van der Waals surface area (Å²) in [6.45, 7) is 1.57. The summed E-state index contributed by atoms with van der Waals surface area (Å²) in [6.07, 6.45) is 0. The summed E-state index contributed by atoms with van der Waals surface area (Å²) in [5.41, 5.74) is 5.44. The molecule has 4 nitrogen and oxygen atoms in total. The third-order valence-corrected chi connectivity index (χ3v) is 1.67. The third kappa shape index (κ3) is 2.29. The van der Waals surface area contributed by atoms with E-state index in [1.54, 1.807) is 6.92 Å². The normalized spacial score (nSPS) is 9.57. The van der Waals surface area contributed by atoms with Gasteiger partial charge in [-0.2, -0.15) is 0 Å². The minimum Gasteiger partial charge on any atom is -0.351 e. The third-order valence-electron chi connectivity index (χ3n) is 1.67. The zero-order chi connectivity index (χ0) is 10.7.